The third-order valence-corrected chi connectivity index (χ3v) is 2.30. The van der Waals surface area contributed by atoms with Crippen LogP contribution in [0, 0.1) is 5.92 Å². The molecule has 0 atom stereocenters. The number of ketones is 1. The summed E-state index contributed by atoms with van der Waals surface area (Å²) < 4.78 is 0. The summed E-state index contributed by atoms with van der Waals surface area (Å²) in [6.45, 7) is 0. The molecule has 0 aromatic heterocycles. The van der Waals surface area contributed by atoms with E-state index in [4.69, 9.17) is 0 Å². The number of allylic oxidation sites excluding steroid dienone is 5. The highest BCUT2D eigenvalue weighted by atomic mass is 16.2. The maximum Gasteiger partial charge on any atom is 0.328 e. The molecule has 1 heterocycles. The van der Waals surface area contributed by atoms with Crippen molar-refractivity contribution in [2.45, 2.75) is 0 Å². The zero-order valence-electron chi connectivity index (χ0n) is 8.60. The van der Waals surface area contributed by atoms with E-state index in [1.165, 1.54) is 18.2 Å². The van der Waals surface area contributed by atoms with Crippen molar-refractivity contribution in [1.29, 1.82) is 0 Å². The van der Waals surface area contributed by atoms with E-state index >= 15 is 0 Å². The first-order chi connectivity index (χ1) is 8.08. The van der Waals surface area contributed by atoms with E-state index in [1.54, 1.807) is 12.2 Å². The molecular formula is C11H8N2O4. The van der Waals surface area contributed by atoms with Gasteiger partial charge in [-0.25, -0.2) is 4.79 Å². The highest BCUT2D eigenvalue weighted by Gasteiger charge is 2.33. The molecular weight excluding hydrogens is 224 g/mol. The van der Waals surface area contributed by atoms with Crippen LogP contribution in [0.1, 0.15) is 0 Å². The summed E-state index contributed by atoms with van der Waals surface area (Å²) >= 11 is 0. The SMILES string of the molecule is O=C1NC(=O)C(/C=C2\C=CC=CC2=O)C(=O)N1. The summed E-state index contributed by atoms with van der Waals surface area (Å²) in [5.74, 6) is -2.92. The summed E-state index contributed by atoms with van der Waals surface area (Å²) in [6.07, 6.45) is 7.25. The average molecular weight is 232 g/mol. The second kappa shape index (κ2) is 4.17. The van der Waals surface area contributed by atoms with Crippen molar-refractivity contribution < 1.29 is 19.2 Å². The number of nitrogens with one attached hydrogen (secondary N) is 2. The molecule has 1 aliphatic carbocycles. The number of hydrogen-bond donors (Lipinski definition) is 2. The molecule has 17 heavy (non-hydrogen) atoms. The fourth-order valence-electron chi connectivity index (χ4n) is 1.48. The van der Waals surface area contributed by atoms with Gasteiger partial charge in [0.2, 0.25) is 11.8 Å². The van der Waals surface area contributed by atoms with Crippen LogP contribution in [-0.2, 0) is 14.4 Å². The lowest BCUT2D eigenvalue weighted by molar-refractivity contribution is -0.133. The van der Waals surface area contributed by atoms with Gasteiger partial charge in [-0.3, -0.25) is 25.0 Å². The molecule has 0 radical (unpaired) electrons. The van der Waals surface area contributed by atoms with Gasteiger partial charge in [0, 0.05) is 5.57 Å². The Morgan fingerprint density at radius 3 is 2.12 bits per heavy atom. The molecule has 1 aliphatic heterocycles. The van der Waals surface area contributed by atoms with E-state index < -0.39 is 23.8 Å². The minimum absolute atomic E-state index is 0.247. The molecule has 0 saturated carbocycles. The first-order valence-electron chi connectivity index (χ1n) is 4.84. The summed E-state index contributed by atoms with van der Waals surface area (Å²) in [4.78, 5) is 45.0. The third kappa shape index (κ3) is 2.20. The average Bonchev–Trinajstić information content (AvgIpc) is 2.25. The van der Waals surface area contributed by atoms with Crippen molar-refractivity contribution in [3.05, 3.63) is 36.0 Å². The van der Waals surface area contributed by atoms with Gasteiger partial charge in [0.25, 0.3) is 0 Å². The van der Waals surface area contributed by atoms with Crippen LogP contribution in [-0.4, -0.2) is 23.6 Å². The minimum atomic E-state index is -1.16. The van der Waals surface area contributed by atoms with Gasteiger partial charge in [0.05, 0.1) is 0 Å². The number of carbonyl (C=O) groups excluding carboxylic acids is 4. The number of carbonyl (C=O) groups is 4. The molecule has 4 amide bonds. The molecule has 0 aromatic carbocycles. The largest absolute Gasteiger partial charge is 0.328 e. The molecule has 0 unspecified atom stereocenters. The topological polar surface area (TPSA) is 92.3 Å². The van der Waals surface area contributed by atoms with E-state index in [1.807, 2.05) is 10.6 Å². The smallest absolute Gasteiger partial charge is 0.289 e. The summed E-state index contributed by atoms with van der Waals surface area (Å²) in [5, 5.41) is 3.91. The maximum atomic E-state index is 11.4. The van der Waals surface area contributed by atoms with Crippen LogP contribution >= 0.6 is 0 Å². The van der Waals surface area contributed by atoms with Crippen LogP contribution < -0.4 is 10.6 Å². The summed E-state index contributed by atoms with van der Waals surface area (Å²) in [5.41, 5.74) is 0.247. The molecule has 2 N–H and O–H groups in total. The van der Waals surface area contributed by atoms with Crippen LogP contribution in [0.5, 0.6) is 0 Å². The fraction of sp³-hybridized carbons (Fsp3) is 0.0909. The Morgan fingerprint density at radius 1 is 0.941 bits per heavy atom. The van der Waals surface area contributed by atoms with Gasteiger partial charge in [-0.2, -0.15) is 0 Å². The predicted molar refractivity (Wildman–Crippen MR) is 56.5 cm³/mol. The molecule has 1 saturated heterocycles. The molecule has 6 heteroatoms. The Morgan fingerprint density at radius 2 is 1.53 bits per heavy atom. The Labute approximate surface area is 96.1 Å². The van der Waals surface area contributed by atoms with Crippen molar-refractivity contribution in [3.8, 4) is 0 Å². The van der Waals surface area contributed by atoms with Crippen molar-refractivity contribution in [2.75, 3.05) is 0 Å². The maximum absolute atomic E-state index is 11.4. The molecule has 0 bridgehead atoms. The van der Waals surface area contributed by atoms with E-state index in [0.29, 0.717) is 0 Å². The second-order valence-electron chi connectivity index (χ2n) is 3.49. The normalized spacial score (nSPS) is 22.9. The van der Waals surface area contributed by atoms with Gasteiger partial charge in [-0.15, -0.1) is 0 Å². The zero-order valence-corrected chi connectivity index (χ0v) is 8.60. The van der Waals surface area contributed by atoms with Gasteiger partial charge >= 0.3 is 6.03 Å². The number of rotatable bonds is 1. The van der Waals surface area contributed by atoms with Gasteiger partial charge in [0.1, 0.15) is 5.92 Å². The van der Waals surface area contributed by atoms with Gasteiger partial charge < -0.3 is 0 Å². The van der Waals surface area contributed by atoms with Crippen molar-refractivity contribution in [3.63, 3.8) is 0 Å². The van der Waals surface area contributed by atoms with E-state index in [9.17, 15) is 19.2 Å². The Hall–Kier alpha value is -2.50. The third-order valence-electron chi connectivity index (χ3n) is 2.30. The fourth-order valence-corrected chi connectivity index (χ4v) is 1.48. The minimum Gasteiger partial charge on any atom is -0.289 e. The lowest BCUT2D eigenvalue weighted by Gasteiger charge is -2.18. The molecule has 6 nitrogen and oxygen atoms in total. The monoisotopic (exact) mass is 232 g/mol. The number of urea groups is 1. The molecule has 2 rings (SSSR count). The molecule has 0 aromatic rings. The van der Waals surface area contributed by atoms with Gasteiger partial charge in [-0.05, 0) is 6.08 Å². The van der Waals surface area contributed by atoms with Gasteiger partial charge in [-0.1, -0.05) is 24.3 Å². The van der Waals surface area contributed by atoms with Crippen LogP contribution in [0.3, 0.4) is 0 Å². The van der Waals surface area contributed by atoms with Crippen LogP contribution in [0.4, 0.5) is 4.79 Å². The lowest BCUT2D eigenvalue weighted by Crippen LogP contribution is -2.55. The Bertz CT molecular complexity index is 494. The number of barbiturate groups is 1. The number of amides is 4. The lowest BCUT2D eigenvalue weighted by atomic mass is 9.98. The number of imide groups is 2. The Balaban J connectivity index is 2.26. The van der Waals surface area contributed by atoms with Gasteiger partial charge in [0.15, 0.2) is 5.78 Å². The molecule has 0 spiro atoms. The van der Waals surface area contributed by atoms with E-state index in [0.717, 1.165) is 0 Å². The highest BCUT2D eigenvalue weighted by molar-refractivity contribution is 6.18. The summed E-state index contributed by atoms with van der Waals surface area (Å²) in [7, 11) is 0. The first kappa shape index (κ1) is 11.0. The van der Waals surface area contributed by atoms with Crippen molar-refractivity contribution in [1.82, 2.24) is 10.6 Å². The second-order valence-corrected chi connectivity index (χ2v) is 3.49. The standard InChI is InChI=1S/C11H8N2O4/c14-8-4-2-1-3-6(8)5-7-9(15)12-11(17)13-10(7)16/h1-5,7H,(H2,12,13,15,16,17)/b6-5+. The van der Waals surface area contributed by atoms with E-state index in [-0.39, 0.29) is 11.4 Å². The summed E-state index contributed by atoms with van der Waals surface area (Å²) in [6, 6.07) is -0.847. The van der Waals surface area contributed by atoms with E-state index in [2.05, 4.69) is 0 Å². The van der Waals surface area contributed by atoms with Crippen molar-refractivity contribution in [2.24, 2.45) is 5.92 Å². The van der Waals surface area contributed by atoms with Crippen LogP contribution in [0.2, 0.25) is 0 Å². The molecule has 1 fully saturated rings. The first-order valence-corrected chi connectivity index (χ1v) is 4.84. The highest BCUT2D eigenvalue weighted by Crippen LogP contribution is 2.12. The Kier molecular flexibility index (Phi) is 2.70. The number of hydrogen-bond acceptors (Lipinski definition) is 4. The quantitative estimate of drug-likeness (QED) is 0.475. The van der Waals surface area contributed by atoms with Crippen LogP contribution in [0.25, 0.3) is 0 Å². The predicted octanol–water partition coefficient (Wildman–Crippen LogP) is -0.410. The molecule has 2 aliphatic rings. The molecule has 86 valence electrons. The van der Waals surface area contributed by atoms with Crippen LogP contribution in [0.15, 0.2) is 36.0 Å². The zero-order chi connectivity index (χ0) is 12.4. The van der Waals surface area contributed by atoms with Crippen molar-refractivity contribution >= 4 is 23.6 Å².